The van der Waals surface area contributed by atoms with Crippen LogP contribution in [0.3, 0.4) is 0 Å². The molecule has 1 aromatic heterocycles. The first-order valence-electron chi connectivity index (χ1n) is 12.9. The van der Waals surface area contributed by atoms with Crippen molar-refractivity contribution in [3.8, 4) is 11.5 Å². The minimum Gasteiger partial charge on any atom is -0.496 e. The number of ether oxygens (including phenoxy) is 3. The number of esters is 1. The van der Waals surface area contributed by atoms with Gasteiger partial charge in [-0.15, -0.1) is 0 Å². The average molecular weight is 716 g/mol. The van der Waals surface area contributed by atoms with Crippen LogP contribution in [0.4, 0.5) is 4.39 Å². The van der Waals surface area contributed by atoms with E-state index in [0.29, 0.717) is 52.2 Å². The summed E-state index contributed by atoms with van der Waals surface area (Å²) in [6, 6.07) is 16.5. The lowest BCUT2D eigenvalue weighted by Crippen LogP contribution is -2.40. The van der Waals surface area contributed by atoms with Crippen LogP contribution in [0.1, 0.15) is 36.6 Å². The Morgan fingerprint density at radius 3 is 2.50 bits per heavy atom. The van der Waals surface area contributed by atoms with E-state index in [1.807, 2.05) is 30.3 Å². The maximum atomic E-state index is 14.1. The molecular weight excluding hydrogens is 691 g/mol. The van der Waals surface area contributed by atoms with Crippen molar-refractivity contribution in [2.45, 2.75) is 26.5 Å². The number of carbonyl (C=O) groups is 1. The zero-order valence-corrected chi connectivity index (χ0v) is 26.8. The molecule has 0 unspecified atom stereocenters. The van der Waals surface area contributed by atoms with E-state index < -0.39 is 12.0 Å². The van der Waals surface area contributed by atoms with Gasteiger partial charge in [-0.1, -0.05) is 47.7 Å². The predicted octanol–water partition coefficient (Wildman–Crippen LogP) is 6.05. The minimum absolute atomic E-state index is 0.0485. The lowest BCUT2D eigenvalue weighted by atomic mass is 9.95. The van der Waals surface area contributed by atoms with Gasteiger partial charge < -0.3 is 14.2 Å². The monoisotopic (exact) mass is 714 g/mol. The summed E-state index contributed by atoms with van der Waals surface area (Å²) in [5.74, 6) is 0.155. The van der Waals surface area contributed by atoms with Crippen molar-refractivity contribution in [1.29, 1.82) is 0 Å². The van der Waals surface area contributed by atoms with E-state index in [-0.39, 0.29) is 30.2 Å². The van der Waals surface area contributed by atoms with Crippen LogP contribution in [0.2, 0.25) is 0 Å². The Balaban J connectivity index is 1.58. The highest BCUT2D eigenvalue weighted by molar-refractivity contribution is 9.11. The van der Waals surface area contributed by atoms with Gasteiger partial charge in [0, 0.05) is 11.1 Å². The summed E-state index contributed by atoms with van der Waals surface area (Å²) in [6.07, 6.45) is 1.75. The zero-order chi connectivity index (χ0) is 30.0. The second-order valence-corrected chi connectivity index (χ2v) is 12.0. The number of halogens is 3. The number of rotatable bonds is 8. The fourth-order valence-electron chi connectivity index (χ4n) is 4.70. The molecule has 0 bridgehead atoms. The van der Waals surface area contributed by atoms with Gasteiger partial charge in [-0.3, -0.25) is 9.36 Å². The highest BCUT2D eigenvalue weighted by atomic mass is 79.9. The van der Waals surface area contributed by atoms with Crippen molar-refractivity contribution >= 4 is 55.2 Å². The Hall–Kier alpha value is -3.54. The largest absolute Gasteiger partial charge is 0.496 e. The molecule has 42 heavy (non-hydrogen) atoms. The lowest BCUT2D eigenvalue weighted by Gasteiger charge is -2.25. The van der Waals surface area contributed by atoms with Crippen molar-refractivity contribution in [2.75, 3.05) is 13.7 Å². The first-order valence-corrected chi connectivity index (χ1v) is 15.3. The topological polar surface area (TPSA) is 79.1 Å². The summed E-state index contributed by atoms with van der Waals surface area (Å²) in [5.41, 5.74) is 2.24. The number of allylic oxidation sites excluding steroid dienone is 1. The fourth-order valence-corrected chi connectivity index (χ4v) is 7.19. The summed E-state index contributed by atoms with van der Waals surface area (Å²) in [6.45, 7) is 3.70. The molecular formula is C31H25Br2FN2O5S. The molecule has 2 heterocycles. The Bertz CT molecular complexity index is 1880. The molecule has 5 rings (SSSR count). The maximum Gasteiger partial charge on any atom is 0.338 e. The van der Waals surface area contributed by atoms with E-state index in [1.165, 1.54) is 22.0 Å². The molecule has 3 aromatic carbocycles. The highest BCUT2D eigenvalue weighted by Crippen LogP contribution is 2.37. The molecule has 0 aliphatic carbocycles. The van der Waals surface area contributed by atoms with Gasteiger partial charge in [0.1, 0.15) is 30.0 Å². The number of hydrogen-bond donors (Lipinski definition) is 0. The number of methoxy groups -OCH3 is 1. The van der Waals surface area contributed by atoms with E-state index in [1.54, 1.807) is 51.3 Å². The normalized spacial score (nSPS) is 14.8. The third kappa shape index (κ3) is 5.86. The molecule has 216 valence electrons. The quantitative estimate of drug-likeness (QED) is 0.208. The molecule has 0 spiro atoms. The van der Waals surface area contributed by atoms with Crippen LogP contribution < -0.4 is 24.4 Å². The Labute approximate surface area is 261 Å². The first-order chi connectivity index (χ1) is 20.2. The molecule has 1 atom stereocenters. The van der Waals surface area contributed by atoms with Crippen LogP contribution in [-0.4, -0.2) is 24.3 Å². The van der Waals surface area contributed by atoms with Gasteiger partial charge in [-0.05, 0) is 81.6 Å². The molecule has 11 heteroatoms. The number of carbonyl (C=O) groups excluding carboxylic acids is 1. The minimum atomic E-state index is -0.786. The highest BCUT2D eigenvalue weighted by Gasteiger charge is 2.35. The Morgan fingerprint density at radius 2 is 1.81 bits per heavy atom. The Kier molecular flexibility index (Phi) is 9.10. The molecule has 4 aromatic rings. The number of fused-ring (bicyclic) bond motifs is 1. The summed E-state index contributed by atoms with van der Waals surface area (Å²) in [4.78, 5) is 32.2. The van der Waals surface area contributed by atoms with Gasteiger partial charge >= 0.3 is 5.97 Å². The smallest absolute Gasteiger partial charge is 0.338 e. The lowest BCUT2D eigenvalue weighted by molar-refractivity contribution is -0.139. The standard InChI is InChI=1S/C31H25Br2FN2O5S/c1-4-40-30(38)26-17(2)35-31-36(27(26)20-10-6-8-12-24(20)39-3)29(37)25(42-31)15-18-13-21(32)28(22(33)14-18)41-16-19-9-5-7-11-23(19)34/h5-15,27H,4,16H2,1-3H3/t27-/m0/s1. The summed E-state index contributed by atoms with van der Waals surface area (Å²) >= 11 is 8.31. The van der Waals surface area contributed by atoms with Crippen LogP contribution >= 0.6 is 43.2 Å². The van der Waals surface area contributed by atoms with E-state index in [0.717, 1.165) is 0 Å². The molecule has 7 nitrogen and oxygen atoms in total. The van der Waals surface area contributed by atoms with Gasteiger partial charge in [-0.25, -0.2) is 14.2 Å². The van der Waals surface area contributed by atoms with Crippen LogP contribution in [0.25, 0.3) is 6.08 Å². The average Bonchev–Trinajstić information content (AvgIpc) is 3.26. The SMILES string of the molecule is CCOC(=O)C1=C(C)N=c2sc(=Cc3cc(Br)c(OCc4ccccc4F)c(Br)c3)c(=O)n2[C@H]1c1ccccc1OC. The second kappa shape index (κ2) is 12.8. The van der Waals surface area contributed by atoms with Crippen molar-refractivity contribution in [3.63, 3.8) is 0 Å². The molecule has 0 fully saturated rings. The van der Waals surface area contributed by atoms with Crippen molar-refractivity contribution in [2.24, 2.45) is 4.99 Å². The van der Waals surface area contributed by atoms with Crippen LogP contribution in [0.5, 0.6) is 11.5 Å². The predicted molar refractivity (Wildman–Crippen MR) is 166 cm³/mol. The van der Waals surface area contributed by atoms with E-state index >= 15 is 0 Å². The third-order valence-corrected chi connectivity index (χ3v) is 8.76. The zero-order valence-electron chi connectivity index (χ0n) is 22.8. The summed E-state index contributed by atoms with van der Waals surface area (Å²) in [5, 5.41) is 0. The number of nitrogens with zero attached hydrogens (tertiary/aromatic N) is 2. The van der Waals surface area contributed by atoms with Gasteiger partial charge in [0.15, 0.2) is 4.80 Å². The maximum absolute atomic E-state index is 14.1. The van der Waals surface area contributed by atoms with Crippen LogP contribution in [0.15, 0.2) is 90.7 Å². The summed E-state index contributed by atoms with van der Waals surface area (Å²) in [7, 11) is 1.54. The fraction of sp³-hybridized carbons (Fsp3) is 0.194. The molecule has 0 N–H and O–H groups in total. The number of para-hydroxylation sites is 1. The van der Waals surface area contributed by atoms with E-state index in [9.17, 15) is 14.0 Å². The third-order valence-electron chi connectivity index (χ3n) is 6.60. The van der Waals surface area contributed by atoms with E-state index in [4.69, 9.17) is 14.2 Å². The second-order valence-electron chi connectivity index (χ2n) is 9.24. The number of benzene rings is 3. The van der Waals surface area contributed by atoms with Crippen molar-refractivity contribution in [1.82, 2.24) is 4.57 Å². The summed E-state index contributed by atoms with van der Waals surface area (Å²) < 4.78 is 34.1. The van der Waals surface area contributed by atoms with Crippen LogP contribution in [0, 0.1) is 5.82 Å². The molecule has 0 saturated carbocycles. The van der Waals surface area contributed by atoms with E-state index in [2.05, 4.69) is 36.9 Å². The Morgan fingerprint density at radius 1 is 1.12 bits per heavy atom. The van der Waals surface area contributed by atoms with Gasteiger partial charge in [0.25, 0.3) is 5.56 Å². The number of thiazole rings is 1. The number of hydrogen-bond acceptors (Lipinski definition) is 7. The molecule has 0 amide bonds. The molecule has 1 aliphatic heterocycles. The molecule has 1 aliphatic rings. The van der Waals surface area contributed by atoms with Gasteiger partial charge in [-0.2, -0.15) is 0 Å². The molecule has 0 saturated heterocycles. The first kappa shape index (κ1) is 29.9. The molecule has 0 radical (unpaired) electrons. The number of aromatic nitrogens is 1. The van der Waals surface area contributed by atoms with Crippen LogP contribution in [-0.2, 0) is 16.1 Å². The van der Waals surface area contributed by atoms with Gasteiger partial charge in [0.2, 0.25) is 0 Å². The van der Waals surface area contributed by atoms with Crippen molar-refractivity contribution < 1.29 is 23.4 Å². The van der Waals surface area contributed by atoms with Crippen molar-refractivity contribution in [3.05, 3.63) is 123 Å². The van der Waals surface area contributed by atoms with Gasteiger partial charge in [0.05, 0.1) is 38.5 Å².